The molecular formula is C19H19F3N2O2. The first-order valence-corrected chi connectivity index (χ1v) is 8.41. The van der Waals surface area contributed by atoms with Crippen molar-refractivity contribution >= 4 is 5.91 Å². The third kappa shape index (κ3) is 4.53. The normalized spacial score (nSPS) is 17.8. The second-order valence-electron chi connectivity index (χ2n) is 6.30. The van der Waals surface area contributed by atoms with Crippen LogP contribution in [0.1, 0.15) is 28.8 Å². The molecule has 0 N–H and O–H groups in total. The molecule has 1 aliphatic heterocycles. The summed E-state index contributed by atoms with van der Waals surface area (Å²) in [4.78, 5) is 17.7. The highest BCUT2D eigenvalue weighted by atomic mass is 19.4. The number of hydrogen-bond acceptors (Lipinski definition) is 3. The van der Waals surface area contributed by atoms with Crippen LogP contribution in [0.2, 0.25) is 0 Å². The molecule has 26 heavy (non-hydrogen) atoms. The lowest BCUT2D eigenvalue weighted by molar-refractivity contribution is -0.184. The van der Waals surface area contributed by atoms with Gasteiger partial charge in [0.15, 0.2) is 0 Å². The third-order valence-corrected chi connectivity index (χ3v) is 4.43. The number of benzene rings is 1. The monoisotopic (exact) mass is 364 g/mol. The number of nitrogens with zero attached hydrogens (tertiary/aromatic N) is 2. The number of aromatic nitrogens is 1. The Morgan fingerprint density at radius 3 is 2.50 bits per heavy atom. The van der Waals surface area contributed by atoms with Crippen LogP contribution in [0.4, 0.5) is 13.2 Å². The van der Waals surface area contributed by atoms with E-state index in [2.05, 4.69) is 4.98 Å². The Hall–Kier alpha value is -2.57. The van der Waals surface area contributed by atoms with E-state index >= 15 is 0 Å². The lowest BCUT2D eigenvalue weighted by atomic mass is 9.97. The molecule has 1 aromatic carbocycles. The Kier molecular flexibility index (Phi) is 5.44. The predicted molar refractivity (Wildman–Crippen MR) is 89.7 cm³/mol. The molecule has 1 atom stereocenters. The van der Waals surface area contributed by atoms with Gasteiger partial charge in [0.25, 0.3) is 5.91 Å². The van der Waals surface area contributed by atoms with Gasteiger partial charge in [-0.25, -0.2) is 0 Å². The maximum Gasteiger partial charge on any atom is 0.393 e. The summed E-state index contributed by atoms with van der Waals surface area (Å²) in [7, 11) is 0. The van der Waals surface area contributed by atoms with Crippen molar-refractivity contribution in [3.8, 4) is 5.75 Å². The van der Waals surface area contributed by atoms with Gasteiger partial charge in [-0.1, -0.05) is 0 Å². The van der Waals surface area contributed by atoms with E-state index in [-0.39, 0.29) is 18.9 Å². The summed E-state index contributed by atoms with van der Waals surface area (Å²) in [5.74, 6) is -1.23. The number of hydrogen-bond donors (Lipinski definition) is 0. The molecule has 3 rings (SSSR count). The molecular weight excluding hydrogens is 345 g/mol. The topological polar surface area (TPSA) is 42.4 Å². The summed E-state index contributed by atoms with van der Waals surface area (Å²) in [6.45, 7) is 0.448. The van der Waals surface area contributed by atoms with Crippen LogP contribution < -0.4 is 4.74 Å². The van der Waals surface area contributed by atoms with E-state index in [0.717, 1.165) is 5.56 Å². The molecule has 138 valence electrons. The number of amides is 1. The third-order valence-electron chi connectivity index (χ3n) is 4.43. The lowest BCUT2D eigenvalue weighted by Gasteiger charge is -2.33. The fraction of sp³-hybridized carbons (Fsp3) is 0.368. The quantitative estimate of drug-likeness (QED) is 0.821. The molecule has 0 saturated carbocycles. The van der Waals surface area contributed by atoms with Gasteiger partial charge in [-0.2, -0.15) is 13.2 Å². The molecule has 0 spiro atoms. The number of rotatable bonds is 4. The van der Waals surface area contributed by atoms with Crippen LogP contribution >= 0.6 is 0 Å². The Morgan fingerprint density at radius 2 is 1.85 bits per heavy atom. The highest BCUT2D eigenvalue weighted by molar-refractivity contribution is 5.94. The zero-order valence-corrected chi connectivity index (χ0v) is 14.1. The molecule has 1 amide bonds. The zero-order valence-electron chi connectivity index (χ0n) is 14.1. The van der Waals surface area contributed by atoms with E-state index in [1.165, 1.54) is 4.90 Å². The van der Waals surface area contributed by atoms with Crippen LogP contribution in [0.3, 0.4) is 0 Å². The molecule has 0 aliphatic carbocycles. The summed E-state index contributed by atoms with van der Waals surface area (Å²) in [5.41, 5.74) is 1.33. The summed E-state index contributed by atoms with van der Waals surface area (Å²) in [6, 6.07) is 10.2. The van der Waals surface area contributed by atoms with Crippen molar-refractivity contribution in [2.45, 2.75) is 25.6 Å². The molecule has 7 heteroatoms. The number of likely N-dealkylation sites (tertiary alicyclic amines) is 1. The van der Waals surface area contributed by atoms with Crippen LogP contribution in [0.25, 0.3) is 0 Å². The van der Waals surface area contributed by atoms with Gasteiger partial charge >= 0.3 is 6.18 Å². The van der Waals surface area contributed by atoms with E-state index in [1.54, 1.807) is 36.7 Å². The van der Waals surface area contributed by atoms with Crippen molar-refractivity contribution in [1.82, 2.24) is 9.88 Å². The Labute approximate surface area is 149 Å². The van der Waals surface area contributed by atoms with E-state index in [0.29, 0.717) is 30.9 Å². The van der Waals surface area contributed by atoms with Crippen LogP contribution in [0.15, 0.2) is 48.8 Å². The second-order valence-corrected chi connectivity index (χ2v) is 6.30. The number of alkyl halides is 3. The van der Waals surface area contributed by atoms with Crippen molar-refractivity contribution in [1.29, 1.82) is 0 Å². The van der Waals surface area contributed by atoms with Gasteiger partial charge in [-0.3, -0.25) is 9.78 Å². The van der Waals surface area contributed by atoms with Gasteiger partial charge in [0.05, 0.1) is 5.92 Å². The summed E-state index contributed by atoms with van der Waals surface area (Å²) >= 11 is 0. The van der Waals surface area contributed by atoms with Crippen LogP contribution in [0, 0.1) is 5.92 Å². The number of pyridine rings is 1. The highest BCUT2D eigenvalue weighted by Crippen LogP contribution is 2.33. The zero-order chi connectivity index (χ0) is 18.6. The number of ether oxygens (including phenoxy) is 1. The summed E-state index contributed by atoms with van der Waals surface area (Å²) < 4.78 is 44.3. The minimum absolute atomic E-state index is 0.0784. The smallest absolute Gasteiger partial charge is 0.393 e. The molecule has 0 unspecified atom stereocenters. The van der Waals surface area contributed by atoms with Gasteiger partial charge in [-0.05, 0) is 54.8 Å². The number of carbonyl (C=O) groups excluding carboxylic acids is 1. The average Bonchev–Trinajstić information content (AvgIpc) is 2.66. The minimum atomic E-state index is -4.26. The molecule has 2 aromatic rings. The SMILES string of the molecule is O=C(c1ccc(OCc2ccncc2)cc1)N1CCC[C@@H](C(F)(F)F)C1. The van der Waals surface area contributed by atoms with Crippen LogP contribution in [-0.2, 0) is 6.61 Å². The number of halogens is 3. The fourth-order valence-electron chi connectivity index (χ4n) is 2.95. The average molecular weight is 364 g/mol. The maximum absolute atomic E-state index is 12.9. The van der Waals surface area contributed by atoms with Gasteiger partial charge in [0.1, 0.15) is 12.4 Å². The van der Waals surface area contributed by atoms with E-state index in [9.17, 15) is 18.0 Å². The van der Waals surface area contributed by atoms with Crippen molar-refractivity contribution in [2.24, 2.45) is 5.92 Å². The van der Waals surface area contributed by atoms with Crippen LogP contribution in [0.5, 0.6) is 5.75 Å². The van der Waals surface area contributed by atoms with E-state index in [1.807, 2.05) is 12.1 Å². The van der Waals surface area contributed by atoms with Crippen molar-refractivity contribution in [2.75, 3.05) is 13.1 Å². The predicted octanol–water partition coefficient (Wildman–Crippen LogP) is 4.08. The second kappa shape index (κ2) is 7.76. The van der Waals surface area contributed by atoms with Crippen molar-refractivity contribution in [3.63, 3.8) is 0 Å². The maximum atomic E-state index is 12.9. The van der Waals surface area contributed by atoms with Gasteiger partial charge < -0.3 is 9.64 Å². The summed E-state index contributed by atoms with van der Waals surface area (Å²) in [6.07, 6.45) is -0.470. The molecule has 1 fully saturated rings. The lowest BCUT2D eigenvalue weighted by Crippen LogP contribution is -2.44. The number of carbonyl (C=O) groups is 1. The van der Waals surface area contributed by atoms with Gasteiger partial charge in [0.2, 0.25) is 0 Å². The minimum Gasteiger partial charge on any atom is -0.489 e. The first-order valence-electron chi connectivity index (χ1n) is 8.41. The van der Waals surface area contributed by atoms with E-state index < -0.39 is 12.1 Å². The first kappa shape index (κ1) is 18.2. The van der Waals surface area contributed by atoms with E-state index in [4.69, 9.17) is 4.74 Å². The number of piperidine rings is 1. The standard InChI is InChI=1S/C19H19F3N2O2/c20-19(21,22)16-2-1-11-24(12-16)18(25)15-3-5-17(6-4-15)26-13-14-7-9-23-10-8-14/h3-10,16H,1-2,11-13H2/t16-/m1/s1. The molecule has 1 saturated heterocycles. The Morgan fingerprint density at radius 1 is 1.15 bits per heavy atom. The van der Waals surface area contributed by atoms with Gasteiger partial charge in [-0.15, -0.1) is 0 Å². The first-order chi connectivity index (χ1) is 12.4. The molecule has 1 aromatic heterocycles. The molecule has 1 aliphatic rings. The molecule has 2 heterocycles. The Balaban J connectivity index is 1.60. The molecule has 0 bridgehead atoms. The summed E-state index contributed by atoms with van der Waals surface area (Å²) in [5, 5.41) is 0. The largest absolute Gasteiger partial charge is 0.489 e. The van der Waals surface area contributed by atoms with Crippen molar-refractivity contribution in [3.05, 3.63) is 59.9 Å². The molecule has 4 nitrogen and oxygen atoms in total. The highest BCUT2D eigenvalue weighted by Gasteiger charge is 2.42. The van der Waals surface area contributed by atoms with Crippen molar-refractivity contribution < 1.29 is 22.7 Å². The van der Waals surface area contributed by atoms with Crippen LogP contribution in [-0.4, -0.2) is 35.1 Å². The Bertz CT molecular complexity index is 733. The molecule has 0 radical (unpaired) electrons. The van der Waals surface area contributed by atoms with Gasteiger partial charge in [0, 0.05) is 31.0 Å². The fourth-order valence-corrected chi connectivity index (χ4v) is 2.95.